The first-order chi connectivity index (χ1) is 8.16. The zero-order valence-electron chi connectivity index (χ0n) is 9.19. The summed E-state index contributed by atoms with van der Waals surface area (Å²) in [6.07, 6.45) is 4.81. The Balaban J connectivity index is 2.14. The summed E-state index contributed by atoms with van der Waals surface area (Å²) in [7, 11) is 0. The van der Waals surface area contributed by atoms with E-state index in [9.17, 15) is 4.39 Å². The summed E-state index contributed by atoms with van der Waals surface area (Å²) < 4.78 is 13.0. The Labute approximate surface area is 104 Å². The van der Waals surface area contributed by atoms with E-state index in [2.05, 4.69) is 15.3 Å². The third-order valence-electron chi connectivity index (χ3n) is 2.39. The molecule has 2 aromatic rings. The molecular formula is C12H11ClFN3. The molecule has 1 unspecified atom stereocenters. The first-order valence-electron chi connectivity index (χ1n) is 5.13. The van der Waals surface area contributed by atoms with E-state index in [1.165, 1.54) is 12.4 Å². The Bertz CT molecular complexity index is 504. The second-order valence-electron chi connectivity index (χ2n) is 3.67. The van der Waals surface area contributed by atoms with Crippen molar-refractivity contribution >= 4 is 17.3 Å². The van der Waals surface area contributed by atoms with Crippen LogP contribution in [0.15, 0.2) is 36.9 Å². The van der Waals surface area contributed by atoms with Gasteiger partial charge >= 0.3 is 0 Å². The summed E-state index contributed by atoms with van der Waals surface area (Å²) in [6, 6.07) is 4.66. The van der Waals surface area contributed by atoms with Crippen LogP contribution in [0.3, 0.4) is 0 Å². The van der Waals surface area contributed by atoms with Gasteiger partial charge in [0.15, 0.2) is 0 Å². The first kappa shape index (κ1) is 11.8. The Morgan fingerprint density at radius 2 is 2.00 bits per heavy atom. The fourth-order valence-electron chi connectivity index (χ4n) is 1.49. The van der Waals surface area contributed by atoms with E-state index in [-0.39, 0.29) is 11.1 Å². The SMILES string of the molecule is CC(Nc1cncnc1)c1ccc(F)c(Cl)c1. The molecule has 0 saturated heterocycles. The molecule has 1 N–H and O–H groups in total. The van der Waals surface area contributed by atoms with Crippen LogP contribution in [0.2, 0.25) is 5.02 Å². The number of aromatic nitrogens is 2. The number of hydrogen-bond donors (Lipinski definition) is 1. The van der Waals surface area contributed by atoms with Crippen molar-refractivity contribution < 1.29 is 4.39 Å². The lowest BCUT2D eigenvalue weighted by Crippen LogP contribution is -2.07. The Morgan fingerprint density at radius 1 is 1.29 bits per heavy atom. The minimum Gasteiger partial charge on any atom is -0.376 e. The van der Waals surface area contributed by atoms with Crippen LogP contribution < -0.4 is 5.32 Å². The van der Waals surface area contributed by atoms with E-state index in [0.717, 1.165) is 11.3 Å². The topological polar surface area (TPSA) is 37.8 Å². The molecule has 0 amide bonds. The van der Waals surface area contributed by atoms with Crippen molar-refractivity contribution in [3.05, 3.63) is 53.3 Å². The number of nitrogens with zero attached hydrogens (tertiary/aromatic N) is 2. The normalized spacial score (nSPS) is 12.2. The monoisotopic (exact) mass is 251 g/mol. The smallest absolute Gasteiger partial charge is 0.141 e. The van der Waals surface area contributed by atoms with Crippen LogP contribution in [0.4, 0.5) is 10.1 Å². The van der Waals surface area contributed by atoms with Gasteiger partial charge in [0.2, 0.25) is 0 Å². The molecule has 3 nitrogen and oxygen atoms in total. The molecule has 0 saturated carbocycles. The second-order valence-corrected chi connectivity index (χ2v) is 4.07. The fraction of sp³-hybridized carbons (Fsp3) is 0.167. The van der Waals surface area contributed by atoms with Crippen LogP contribution in [0.25, 0.3) is 0 Å². The van der Waals surface area contributed by atoms with Gasteiger partial charge in [-0.15, -0.1) is 0 Å². The predicted octanol–water partition coefficient (Wildman–Crippen LogP) is 3.44. The molecule has 0 bridgehead atoms. The van der Waals surface area contributed by atoms with Crippen molar-refractivity contribution in [3.8, 4) is 0 Å². The van der Waals surface area contributed by atoms with E-state index in [4.69, 9.17) is 11.6 Å². The van der Waals surface area contributed by atoms with E-state index in [1.807, 2.05) is 6.92 Å². The lowest BCUT2D eigenvalue weighted by molar-refractivity contribution is 0.627. The van der Waals surface area contributed by atoms with Gasteiger partial charge in [0.1, 0.15) is 12.1 Å². The van der Waals surface area contributed by atoms with Crippen molar-refractivity contribution in [1.29, 1.82) is 0 Å². The van der Waals surface area contributed by atoms with E-state index < -0.39 is 5.82 Å². The van der Waals surface area contributed by atoms with Gasteiger partial charge in [-0.25, -0.2) is 14.4 Å². The van der Waals surface area contributed by atoms with Crippen molar-refractivity contribution in [1.82, 2.24) is 9.97 Å². The highest BCUT2D eigenvalue weighted by molar-refractivity contribution is 6.30. The van der Waals surface area contributed by atoms with Gasteiger partial charge in [0, 0.05) is 6.04 Å². The lowest BCUT2D eigenvalue weighted by atomic mass is 10.1. The molecule has 0 aliphatic heterocycles. The molecule has 0 aliphatic carbocycles. The molecule has 1 atom stereocenters. The first-order valence-corrected chi connectivity index (χ1v) is 5.51. The highest BCUT2D eigenvalue weighted by Gasteiger charge is 2.08. The van der Waals surface area contributed by atoms with Crippen molar-refractivity contribution in [2.75, 3.05) is 5.32 Å². The third kappa shape index (κ3) is 2.91. The summed E-state index contributed by atoms with van der Waals surface area (Å²) in [4.78, 5) is 7.81. The van der Waals surface area contributed by atoms with Crippen LogP contribution in [0, 0.1) is 5.82 Å². The van der Waals surface area contributed by atoms with Gasteiger partial charge in [0.25, 0.3) is 0 Å². The number of rotatable bonds is 3. The number of nitrogens with one attached hydrogen (secondary N) is 1. The number of halogens is 2. The molecule has 5 heteroatoms. The fourth-order valence-corrected chi connectivity index (χ4v) is 1.68. The highest BCUT2D eigenvalue weighted by atomic mass is 35.5. The molecule has 2 rings (SSSR count). The highest BCUT2D eigenvalue weighted by Crippen LogP contribution is 2.23. The minimum absolute atomic E-state index is 0.000833. The molecule has 17 heavy (non-hydrogen) atoms. The van der Waals surface area contributed by atoms with Gasteiger partial charge in [0.05, 0.1) is 23.1 Å². The molecule has 0 fully saturated rings. The Morgan fingerprint density at radius 3 is 2.65 bits per heavy atom. The van der Waals surface area contributed by atoms with Crippen molar-refractivity contribution in [2.24, 2.45) is 0 Å². The zero-order chi connectivity index (χ0) is 12.3. The van der Waals surface area contributed by atoms with Gasteiger partial charge in [-0.2, -0.15) is 0 Å². The average Bonchev–Trinajstić information content (AvgIpc) is 2.34. The van der Waals surface area contributed by atoms with E-state index >= 15 is 0 Å². The number of anilines is 1. The van der Waals surface area contributed by atoms with Crippen molar-refractivity contribution in [3.63, 3.8) is 0 Å². The molecule has 0 spiro atoms. The van der Waals surface area contributed by atoms with E-state index in [1.54, 1.807) is 24.5 Å². The predicted molar refractivity (Wildman–Crippen MR) is 65.5 cm³/mol. The molecule has 1 aromatic heterocycles. The maximum atomic E-state index is 13.0. The maximum Gasteiger partial charge on any atom is 0.141 e. The minimum atomic E-state index is -0.411. The van der Waals surface area contributed by atoms with Crippen LogP contribution in [0.5, 0.6) is 0 Å². The zero-order valence-corrected chi connectivity index (χ0v) is 9.95. The van der Waals surface area contributed by atoms with Crippen molar-refractivity contribution in [2.45, 2.75) is 13.0 Å². The Kier molecular flexibility index (Phi) is 3.54. The third-order valence-corrected chi connectivity index (χ3v) is 2.68. The quantitative estimate of drug-likeness (QED) is 0.908. The van der Waals surface area contributed by atoms with Crippen LogP contribution in [0.1, 0.15) is 18.5 Å². The van der Waals surface area contributed by atoms with Gasteiger partial charge in [-0.3, -0.25) is 0 Å². The molecule has 1 heterocycles. The summed E-state index contributed by atoms with van der Waals surface area (Å²) in [5, 5.41) is 3.32. The Hall–Kier alpha value is -1.68. The molecule has 1 aromatic carbocycles. The van der Waals surface area contributed by atoms with Crippen LogP contribution in [-0.2, 0) is 0 Å². The summed E-state index contributed by atoms with van der Waals surface area (Å²) in [5.74, 6) is -0.411. The molecule has 0 aliphatic rings. The number of hydrogen-bond acceptors (Lipinski definition) is 3. The summed E-state index contributed by atoms with van der Waals surface area (Å²) in [5.41, 5.74) is 1.71. The largest absolute Gasteiger partial charge is 0.376 e. The average molecular weight is 252 g/mol. The lowest BCUT2D eigenvalue weighted by Gasteiger charge is -2.15. The molecule has 88 valence electrons. The number of benzene rings is 1. The molecule has 0 radical (unpaired) electrons. The standard InChI is InChI=1S/C12H11ClFN3/c1-8(17-10-5-15-7-16-6-10)9-2-3-12(14)11(13)4-9/h2-8,17H,1H3. The van der Waals surface area contributed by atoms with Gasteiger partial charge in [-0.05, 0) is 24.6 Å². The summed E-state index contributed by atoms with van der Waals surface area (Å²) >= 11 is 5.73. The van der Waals surface area contributed by atoms with Crippen LogP contribution >= 0.6 is 11.6 Å². The second kappa shape index (κ2) is 5.10. The van der Waals surface area contributed by atoms with E-state index in [0.29, 0.717) is 0 Å². The van der Waals surface area contributed by atoms with Crippen LogP contribution in [-0.4, -0.2) is 9.97 Å². The molecular weight excluding hydrogens is 241 g/mol. The maximum absolute atomic E-state index is 13.0. The summed E-state index contributed by atoms with van der Waals surface area (Å²) in [6.45, 7) is 1.95. The van der Waals surface area contributed by atoms with Gasteiger partial charge < -0.3 is 5.32 Å². The van der Waals surface area contributed by atoms with Gasteiger partial charge in [-0.1, -0.05) is 17.7 Å².